The van der Waals surface area contributed by atoms with Gasteiger partial charge in [-0.15, -0.1) is 0 Å². The Morgan fingerprint density at radius 2 is 2.09 bits per heavy atom. The Morgan fingerprint density at radius 3 is 2.45 bits per heavy atom. The summed E-state index contributed by atoms with van der Waals surface area (Å²) in [6.45, 7) is 5.66. The molecule has 0 spiro atoms. The molecule has 0 aliphatic heterocycles. The van der Waals surface area contributed by atoms with Gasteiger partial charge >= 0.3 is 5.97 Å². The molecule has 0 aromatic heterocycles. The monoisotopic (exact) mass is 159 g/mol. The molecule has 1 N–H and O–H groups in total. The van der Waals surface area contributed by atoms with Crippen LogP contribution >= 0.6 is 0 Å². The van der Waals surface area contributed by atoms with Crippen molar-refractivity contribution in [3.8, 4) is 0 Å². The van der Waals surface area contributed by atoms with E-state index < -0.39 is 0 Å². The molecule has 0 saturated heterocycles. The van der Waals surface area contributed by atoms with Gasteiger partial charge in [0.1, 0.15) is 6.04 Å². The van der Waals surface area contributed by atoms with Gasteiger partial charge in [-0.25, -0.2) is 0 Å². The lowest BCUT2D eigenvalue weighted by atomic mass is 10.3. The maximum atomic E-state index is 11.1. The SMILES string of the molecule is CC[C@@H](C)OC(=O)[C@H](C)NC. The first-order valence-electron chi connectivity index (χ1n) is 3.99. The summed E-state index contributed by atoms with van der Waals surface area (Å²) in [4.78, 5) is 11.1. The van der Waals surface area contributed by atoms with Crippen molar-refractivity contribution in [2.75, 3.05) is 7.05 Å². The summed E-state index contributed by atoms with van der Waals surface area (Å²) in [5.41, 5.74) is 0. The van der Waals surface area contributed by atoms with Crippen molar-refractivity contribution in [3.05, 3.63) is 0 Å². The van der Waals surface area contributed by atoms with E-state index in [0.29, 0.717) is 0 Å². The molecule has 0 unspecified atom stereocenters. The third-order valence-electron chi connectivity index (χ3n) is 1.68. The quantitative estimate of drug-likeness (QED) is 0.620. The Labute approximate surface area is 68.1 Å². The first kappa shape index (κ1) is 10.4. The second-order valence-corrected chi connectivity index (χ2v) is 2.67. The summed E-state index contributed by atoms with van der Waals surface area (Å²) in [5.74, 6) is -0.179. The Balaban J connectivity index is 3.68. The van der Waals surface area contributed by atoms with E-state index in [9.17, 15) is 4.79 Å². The molecule has 11 heavy (non-hydrogen) atoms. The second-order valence-electron chi connectivity index (χ2n) is 2.67. The number of esters is 1. The van der Waals surface area contributed by atoms with Crippen molar-refractivity contribution in [1.82, 2.24) is 5.32 Å². The fourth-order valence-electron chi connectivity index (χ4n) is 0.502. The highest BCUT2D eigenvalue weighted by Crippen LogP contribution is 1.98. The molecule has 0 aliphatic carbocycles. The molecule has 0 fully saturated rings. The lowest BCUT2D eigenvalue weighted by molar-refractivity contribution is -0.150. The van der Waals surface area contributed by atoms with Crippen LogP contribution in [0.3, 0.4) is 0 Å². The fourth-order valence-corrected chi connectivity index (χ4v) is 0.502. The standard InChI is InChI=1S/C8H17NO2/c1-5-6(2)11-8(10)7(3)9-4/h6-7,9H,5H2,1-4H3/t6-,7+/m1/s1. The molecule has 3 nitrogen and oxygen atoms in total. The first-order chi connectivity index (χ1) is 5.11. The summed E-state index contributed by atoms with van der Waals surface area (Å²) >= 11 is 0. The van der Waals surface area contributed by atoms with Crippen LogP contribution in [0.15, 0.2) is 0 Å². The molecule has 0 amide bonds. The summed E-state index contributed by atoms with van der Waals surface area (Å²) in [6, 6.07) is -0.205. The Morgan fingerprint density at radius 1 is 1.55 bits per heavy atom. The lowest BCUT2D eigenvalue weighted by Crippen LogP contribution is -2.34. The highest BCUT2D eigenvalue weighted by atomic mass is 16.5. The van der Waals surface area contributed by atoms with Gasteiger partial charge in [-0.3, -0.25) is 4.79 Å². The van der Waals surface area contributed by atoms with Crippen LogP contribution in [0.1, 0.15) is 27.2 Å². The van der Waals surface area contributed by atoms with E-state index in [2.05, 4.69) is 5.32 Å². The smallest absolute Gasteiger partial charge is 0.323 e. The van der Waals surface area contributed by atoms with Crippen LogP contribution in [0, 0.1) is 0 Å². The molecule has 0 bridgehead atoms. The van der Waals surface area contributed by atoms with Crippen molar-refractivity contribution in [1.29, 1.82) is 0 Å². The molecule has 3 heteroatoms. The van der Waals surface area contributed by atoms with Gasteiger partial charge in [-0.2, -0.15) is 0 Å². The van der Waals surface area contributed by atoms with Crippen molar-refractivity contribution in [2.24, 2.45) is 0 Å². The summed E-state index contributed by atoms with van der Waals surface area (Å²) in [7, 11) is 1.74. The molecular formula is C8H17NO2. The number of carbonyl (C=O) groups is 1. The van der Waals surface area contributed by atoms with Crippen molar-refractivity contribution >= 4 is 5.97 Å². The third kappa shape index (κ3) is 3.98. The van der Waals surface area contributed by atoms with Crippen LogP contribution in [0.2, 0.25) is 0 Å². The number of hydrogen-bond acceptors (Lipinski definition) is 3. The van der Waals surface area contributed by atoms with Gasteiger partial charge in [0.05, 0.1) is 6.10 Å². The normalized spacial score (nSPS) is 15.6. The average molecular weight is 159 g/mol. The maximum Gasteiger partial charge on any atom is 0.323 e. The van der Waals surface area contributed by atoms with E-state index in [0.717, 1.165) is 6.42 Å². The van der Waals surface area contributed by atoms with Gasteiger partial charge in [0.15, 0.2) is 0 Å². The summed E-state index contributed by atoms with van der Waals surface area (Å²) in [5, 5.41) is 2.82. The minimum Gasteiger partial charge on any atom is -0.462 e. The fraction of sp³-hybridized carbons (Fsp3) is 0.875. The summed E-state index contributed by atoms with van der Waals surface area (Å²) in [6.07, 6.45) is 0.889. The first-order valence-corrected chi connectivity index (χ1v) is 3.99. The van der Waals surface area contributed by atoms with Crippen LogP contribution in [-0.4, -0.2) is 25.2 Å². The van der Waals surface area contributed by atoms with Crippen molar-refractivity contribution < 1.29 is 9.53 Å². The highest BCUT2D eigenvalue weighted by Gasteiger charge is 2.13. The summed E-state index contributed by atoms with van der Waals surface area (Å²) < 4.78 is 5.05. The van der Waals surface area contributed by atoms with Crippen LogP contribution < -0.4 is 5.32 Å². The van der Waals surface area contributed by atoms with Gasteiger partial charge in [0, 0.05) is 0 Å². The Hall–Kier alpha value is -0.570. The molecule has 66 valence electrons. The van der Waals surface area contributed by atoms with Gasteiger partial charge < -0.3 is 10.1 Å². The van der Waals surface area contributed by atoms with Crippen LogP contribution in [0.5, 0.6) is 0 Å². The van der Waals surface area contributed by atoms with Crippen molar-refractivity contribution in [2.45, 2.75) is 39.3 Å². The topological polar surface area (TPSA) is 38.3 Å². The molecule has 0 heterocycles. The molecule has 0 aliphatic rings. The van der Waals surface area contributed by atoms with Crippen LogP contribution in [0.4, 0.5) is 0 Å². The van der Waals surface area contributed by atoms with Gasteiger partial charge in [-0.1, -0.05) is 6.92 Å². The number of hydrogen-bond donors (Lipinski definition) is 1. The number of carbonyl (C=O) groups excluding carboxylic acids is 1. The number of nitrogens with one attached hydrogen (secondary N) is 1. The number of likely N-dealkylation sites (N-methyl/N-ethyl adjacent to an activating group) is 1. The molecular weight excluding hydrogens is 142 g/mol. The Kier molecular flexibility index (Phi) is 4.86. The minimum atomic E-state index is -0.205. The van der Waals surface area contributed by atoms with Gasteiger partial charge in [0.25, 0.3) is 0 Å². The van der Waals surface area contributed by atoms with E-state index >= 15 is 0 Å². The Bertz CT molecular complexity index is 125. The predicted molar refractivity (Wildman–Crippen MR) is 44.4 cm³/mol. The largest absolute Gasteiger partial charge is 0.462 e. The van der Waals surface area contributed by atoms with Gasteiger partial charge in [0.2, 0.25) is 0 Å². The number of ether oxygens (including phenoxy) is 1. The van der Waals surface area contributed by atoms with Crippen LogP contribution in [-0.2, 0) is 9.53 Å². The zero-order valence-corrected chi connectivity index (χ0v) is 7.68. The average Bonchev–Trinajstić information content (AvgIpc) is 2.02. The van der Waals surface area contributed by atoms with Crippen molar-refractivity contribution in [3.63, 3.8) is 0 Å². The second kappa shape index (κ2) is 5.13. The minimum absolute atomic E-state index is 0.0262. The zero-order chi connectivity index (χ0) is 8.85. The van der Waals surface area contributed by atoms with Gasteiger partial charge in [-0.05, 0) is 27.3 Å². The zero-order valence-electron chi connectivity index (χ0n) is 7.68. The molecule has 0 saturated carbocycles. The van der Waals surface area contributed by atoms with E-state index in [1.54, 1.807) is 14.0 Å². The highest BCUT2D eigenvalue weighted by molar-refractivity contribution is 5.75. The molecule has 0 aromatic rings. The lowest BCUT2D eigenvalue weighted by Gasteiger charge is -2.14. The number of rotatable bonds is 4. The van der Waals surface area contributed by atoms with E-state index in [-0.39, 0.29) is 18.1 Å². The van der Waals surface area contributed by atoms with E-state index in [1.165, 1.54) is 0 Å². The van der Waals surface area contributed by atoms with E-state index in [4.69, 9.17) is 4.74 Å². The third-order valence-corrected chi connectivity index (χ3v) is 1.68. The molecule has 2 atom stereocenters. The maximum absolute atomic E-state index is 11.1. The molecule has 0 rings (SSSR count). The van der Waals surface area contributed by atoms with E-state index in [1.807, 2.05) is 13.8 Å². The van der Waals surface area contributed by atoms with Crippen LogP contribution in [0.25, 0.3) is 0 Å². The predicted octanol–water partition coefficient (Wildman–Crippen LogP) is 0.936. The molecule has 0 radical (unpaired) electrons. The molecule has 0 aromatic carbocycles.